The van der Waals surface area contributed by atoms with E-state index in [0.29, 0.717) is 63.3 Å². The number of carbonyl (C=O) groups is 3. The molecule has 1 atom stereocenters. The fourth-order valence-electron chi connectivity index (χ4n) is 4.53. The lowest BCUT2D eigenvalue weighted by Gasteiger charge is -2.33. The molecule has 2 aliphatic rings. The summed E-state index contributed by atoms with van der Waals surface area (Å²) in [4.78, 5) is 51.5. The highest BCUT2D eigenvalue weighted by atomic mass is 16.5. The minimum absolute atomic E-state index is 0.00389. The lowest BCUT2D eigenvalue weighted by Crippen LogP contribution is -2.48. The van der Waals surface area contributed by atoms with E-state index in [-0.39, 0.29) is 34.8 Å². The van der Waals surface area contributed by atoms with Crippen molar-refractivity contribution in [2.45, 2.75) is 32.4 Å². The van der Waals surface area contributed by atoms with Gasteiger partial charge in [-0.1, -0.05) is 0 Å². The van der Waals surface area contributed by atoms with E-state index in [0.717, 1.165) is 12.1 Å². The number of rotatable bonds is 8. The van der Waals surface area contributed by atoms with Crippen molar-refractivity contribution in [1.82, 2.24) is 19.8 Å². The SMILES string of the molecule is COC[C@H](C)Oc1cc(NC(=O)N2CCCc3cc(CN4CCN(C)CC4=O)c(C=O)nc32)ncc1C#N. The third kappa shape index (κ3) is 6.07. The van der Waals surface area contributed by atoms with Gasteiger partial charge in [-0.2, -0.15) is 5.26 Å². The summed E-state index contributed by atoms with van der Waals surface area (Å²) in [6.45, 7) is 4.51. The van der Waals surface area contributed by atoms with Crippen molar-refractivity contribution in [1.29, 1.82) is 5.26 Å². The number of urea groups is 1. The number of aryl methyl sites for hydroxylation is 1. The van der Waals surface area contributed by atoms with Crippen molar-refractivity contribution < 1.29 is 23.9 Å². The molecule has 1 saturated heterocycles. The van der Waals surface area contributed by atoms with Gasteiger partial charge in [-0.15, -0.1) is 0 Å². The van der Waals surface area contributed by atoms with Gasteiger partial charge in [-0.3, -0.25) is 24.7 Å². The zero-order chi connectivity index (χ0) is 27.2. The van der Waals surface area contributed by atoms with Gasteiger partial charge in [0.05, 0.1) is 19.3 Å². The molecule has 0 unspecified atom stereocenters. The summed E-state index contributed by atoms with van der Waals surface area (Å²) >= 11 is 0. The number of pyridine rings is 2. The van der Waals surface area contributed by atoms with Gasteiger partial charge < -0.3 is 14.4 Å². The second-order valence-electron chi connectivity index (χ2n) is 9.43. The molecular weight excluding hydrogens is 490 g/mol. The number of nitrogens with one attached hydrogen (secondary N) is 1. The molecule has 3 amide bonds. The van der Waals surface area contributed by atoms with Gasteiger partial charge in [0.25, 0.3) is 0 Å². The summed E-state index contributed by atoms with van der Waals surface area (Å²) in [5.41, 5.74) is 1.94. The lowest BCUT2D eigenvalue weighted by atomic mass is 10.0. The van der Waals surface area contributed by atoms with Crippen molar-refractivity contribution in [3.63, 3.8) is 0 Å². The number of ether oxygens (including phenoxy) is 2. The first-order valence-electron chi connectivity index (χ1n) is 12.4. The van der Waals surface area contributed by atoms with E-state index in [1.54, 1.807) is 18.9 Å². The number of piperazine rings is 1. The number of anilines is 2. The number of hydrogen-bond donors (Lipinski definition) is 1. The maximum Gasteiger partial charge on any atom is 0.328 e. The summed E-state index contributed by atoms with van der Waals surface area (Å²) in [6.07, 6.45) is 3.09. The Bertz CT molecular complexity index is 1260. The summed E-state index contributed by atoms with van der Waals surface area (Å²) in [5.74, 6) is 0.903. The van der Waals surface area contributed by atoms with Crippen LogP contribution in [0.25, 0.3) is 0 Å². The van der Waals surface area contributed by atoms with Gasteiger partial charge in [-0.25, -0.2) is 14.8 Å². The highest BCUT2D eigenvalue weighted by Gasteiger charge is 2.28. The molecule has 200 valence electrons. The fraction of sp³-hybridized carbons (Fsp3) is 0.462. The molecule has 0 aliphatic carbocycles. The molecule has 12 nitrogen and oxygen atoms in total. The summed E-state index contributed by atoms with van der Waals surface area (Å²) in [6, 6.07) is 4.93. The number of fused-ring (bicyclic) bond motifs is 1. The monoisotopic (exact) mass is 521 g/mol. The van der Waals surface area contributed by atoms with Crippen LogP contribution in [0.5, 0.6) is 5.75 Å². The van der Waals surface area contributed by atoms with Crippen LogP contribution in [0.1, 0.15) is 40.5 Å². The van der Waals surface area contributed by atoms with E-state index in [9.17, 15) is 19.6 Å². The highest BCUT2D eigenvalue weighted by molar-refractivity contribution is 6.01. The summed E-state index contributed by atoms with van der Waals surface area (Å²) in [5, 5.41) is 12.1. The Balaban J connectivity index is 1.54. The van der Waals surface area contributed by atoms with Gasteiger partial charge in [0.1, 0.15) is 40.8 Å². The topological polar surface area (TPSA) is 141 Å². The minimum atomic E-state index is -0.467. The average Bonchev–Trinajstić information content (AvgIpc) is 2.89. The van der Waals surface area contributed by atoms with Gasteiger partial charge in [-0.05, 0) is 38.4 Å². The number of aldehydes is 1. The van der Waals surface area contributed by atoms with Crippen molar-refractivity contribution in [2.24, 2.45) is 0 Å². The number of hydrogen-bond acceptors (Lipinski definition) is 9. The van der Waals surface area contributed by atoms with Gasteiger partial charge in [0, 0.05) is 44.9 Å². The third-order valence-corrected chi connectivity index (χ3v) is 6.45. The van der Waals surface area contributed by atoms with E-state index in [2.05, 4.69) is 15.3 Å². The smallest absolute Gasteiger partial charge is 0.328 e. The largest absolute Gasteiger partial charge is 0.487 e. The molecule has 0 radical (unpaired) electrons. The van der Waals surface area contributed by atoms with E-state index >= 15 is 0 Å². The number of likely N-dealkylation sites (N-methyl/N-ethyl adjacent to an activating group) is 1. The van der Waals surface area contributed by atoms with Crippen LogP contribution in [0.3, 0.4) is 0 Å². The molecule has 0 saturated carbocycles. The maximum atomic E-state index is 13.3. The standard InChI is InChI=1S/C26H31N7O5/c1-17(16-37-3)38-22-10-23(28-12-20(22)11-27)30-26(36)33-6-4-5-18-9-19(21(15-34)29-25(18)33)13-32-8-7-31(2)14-24(32)35/h9-10,12,15,17H,4-8,13-14,16H2,1-3H3,(H,28,30,36)/t17-/m0/s1. The molecule has 2 aliphatic heterocycles. The average molecular weight is 522 g/mol. The van der Waals surface area contributed by atoms with Gasteiger partial charge >= 0.3 is 6.03 Å². The predicted molar refractivity (Wildman–Crippen MR) is 138 cm³/mol. The number of methoxy groups -OCH3 is 1. The Morgan fingerprint density at radius 2 is 2.13 bits per heavy atom. The molecule has 1 fully saturated rings. The molecule has 38 heavy (non-hydrogen) atoms. The minimum Gasteiger partial charge on any atom is -0.487 e. The van der Waals surface area contributed by atoms with Crippen LogP contribution in [-0.2, 0) is 22.5 Å². The molecule has 12 heteroatoms. The quantitative estimate of drug-likeness (QED) is 0.515. The Hall–Kier alpha value is -4.08. The molecule has 0 spiro atoms. The molecular formula is C26H31N7O5. The van der Waals surface area contributed by atoms with E-state index in [1.807, 2.05) is 24.1 Å². The predicted octanol–water partition coefficient (Wildman–Crippen LogP) is 1.83. The Kier molecular flexibility index (Phi) is 8.50. The van der Waals surface area contributed by atoms with Crippen LogP contribution >= 0.6 is 0 Å². The Morgan fingerprint density at radius 3 is 2.84 bits per heavy atom. The molecule has 0 aromatic carbocycles. The zero-order valence-electron chi connectivity index (χ0n) is 21.8. The van der Waals surface area contributed by atoms with Crippen molar-refractivity contribution in [3.05, 3.63) is 40.7 Å². The molecule has 0 bridgehead atoms. The first kappa shape index (κ1) is 27.0. The number of amides is 3. The maximum absolute atomic E-state index is 13.3. The number of nitrogens with zero attached hydrogens (tertiary/aromatic N) is 6. The molecule has 2 aromatic rings. The Labute approximate surface area is 221 Å². The summed E-state index contributed by atoms with van der Waals surface area (Å²) in [7, 11) is 3.45. The van der Waals surface area contributed by atoms with Crippen LogP contribution in [0, 0.1) is 11.3 Å². The zero-order valence-corrected chi connectivity index (χ0v) is 21.8. The van der Waals surface area contributed by atoms with E-state index < -0.39 is 6.03 Å². The molecule has 1 N–H and O–H groups in total. The van der Waals surface area contributed by atoms with Crippen LogP contribution in [0.15, 0.2) is 18.3 Å². The second kappa shape index (κ2) is 12.0. The van der Waals surface area contributed by atoms with Crippen LogP contribution < -0.4 is 15.0 Å². The van der Waals surface area contributed by atoms with E-state index in [4.69, 9.17) is 9.47 Å². The third-order valence-electron chi connectivity index (χ3n) is 6.45. The van der Waals surface area contributed by atoms with Gasteiger partial charge in [0.15, 0.2) is 6.29 Å². The summed E-state index contributed by atoms with van der Waals surface area (Å²) < 4.78 is 10.9. The van der Waals surface area contributed by atoms with Crippen molar-refractivity contribution >= 4 is 29.9 Å². The fourth-order valence-corrected chi connectivity index (χ4v) is 4.53. The lowest BCUT2D eigenvalue weighted by molar-refractivity contribution is -0.136. The van der Waals surface area contributed by atoms with Crippen molar-refractivity contribution in [3.8, 4) is 11.8 Å². The highest BCUT2D eigenvalue weighted by Crippen LogP contribution is 2.29. The van der Waals surface area contributed by atoms with E-state index in [1.165, 1.54) is 17.2 Å². The number of nitriles is 1. The van der Waals surface area contributed by atoms with Crippen LogP contribution in [-0.4, -0.2) is 91.0 Å². The molecule has 2 aromatic heterocycles. The normalized spacial score (nSPS) is 16.4. The number of carbonyl (C=O) groups excluding carboxylic acids is 3. The van der Waals surface area contributed by atoms with Crippen molar-refractivity contribution in [2.75, 3.05) is 57.2 Å². The molecule has 4 heterocycles. The Morgan fingerprint density at radius 1 is 1.32 bits per heavy atom. The second-order valence-corrected chi connectivity index (χ2v) is 9.43. The van der Waals surface area contributed by atoms with Crippen LogP contribution in [0.2, 0.25) is 0 Å². The number of aromatic nitrogens is 2. The first-order chi connectivity index (χ1) is 18.3. The van der Waals surface area contributed by atoms with Gasteiger partial charge in [0.2, 0.25) is 5.91 Å². The molecule has 4 rings (SSSR count). The van der Waals surface area contributed by atoms with Crippen LogP contribution in [0.4, 0.5) is 16.4 Å². The first-order valence-corrected chi connectivity index (χ1v) is 12.4.